The van der Waals surface area contributed by atoms with Crippen LogP contribution in [0.4, 0.5) is 5.69 Å². The zero-order valence-corrected chi connectivity index (χ0v) is 9.48. The number of carbonyl (C=O) groups excluding carboxylic acids is 1. The summed E-state index contributed by atoms with van der Waals surface area (Å²) in [6.07, 6.45) is 4.01. The molecule has 3 heteroatoms. The molecule has 1 aliphatic heterocycles. The molecule has 1 aliphatic rings. The van der Waals surface area contributed by atoms with E-state index in [2.05, 4.69) is 0 Å². The Hall–Kier alpha value is -1.51. The third-order valence-corrected chi connectivity index (χ3v) is 3.02. The predicted octanol–water partition coefficient (Wildman–Crippen LogP) is 1.82. The van der Waals surface area contributed by atoms with E-state index < -0.39 is 0 Å². The zero-order valence-electron chi connectivity index (χ0n) is 9.48. The summed E-state index contributed by atoms with van der Waals surface area (Å²) < 4.78 is 0. The van der Waals surface area contributed by atoms with Crippen LogP contribution in [-0.2, 0) is 11.2 Å². The molecule has 1 aromatic rings. The lowest BCUT2D eigenvalue weighted by atomic mass is 10.1. The number of rotatable bonds is 2. The first-order chi connectivity index (χ1) is 7.75. The largest absolute Gasteiger partial charge is 0.399 e. The minimum Gasteiger partial charge on any atom is -0.399 e. The molecule has 1 aromatic carbocycles. The molecule has 3 nitrogen and oxygen atoms in total. The van der Waals surface area contributed by atoms with Crippen LogP contribution in [0.25, 0.3) is 0 Å². The monoisotopic (exact) mass is 218 g/mol. The van der Waals surface area contributed by atoms with Crippen LogP contribution in [0.3, 0.4) is 0 Å². The van der Waals surface area contributed by atoms with Gasteiger partial charge in [0, 0.05) is 18.8 Å². The third kappa shape index (κ3) is 2.75. The Morgan fingerprint density at radius 1 is 1.25 bits per heavy atom. The van der Waals surface area contributed by atoms with Gasteiger partial charge in [0.1, 0.15) is 0 Å². The summed E-state index contributed by atoms with van der Waals surface area (Å²) in [7, 11) is 0. The Labute approximate surface area is 96.2 Å². The molecule has 2 N–H and O–H groups in total. The van der Waals surface area contributed by atoms with Crippen molar-refractivity contribution in [1.82, 2.24) is 4.90 Å². The lowest BCUT2D eigenvalue weighted by molar-refractivity contribution is -0.131. The van der Waals surface area contributed by atoms with Gasteiger partial charge in [0.15, 0.2) is 0 Å². The molecule has 0 unspecified atom stereocenters. The molecule has 0 spiro atoms. The van der Waals surface area contributed by atoms with E-state index >= 15 is 0 Å². The van der Waals surface area contributed by atoms with E-state index in [1.807, 2.05) is 29.2 Å². The molecule has 1 saturated heterocycles. The van der Waals surface area contributed by atoms with E-state index in [4.69, 9.17) is 5.73 Å². The van der Waals surface area contributed by atoms with Crippen molar-refractivity contribution in [3.8, 4) is 0 Å². The van der Waals surface area contributed by atoms with Crippen molar-refractivity contribution in [2.45, 2.75) is 25.7 Å². The lowest BCUT2D eigenvalue weighted by Gasteiger charge is -2.26. The molecule has 0 bridgehead atoms. The van der Waals surface area contributed by atoms with Gasteiger partial charge in [0.05, 0.1) is 6.42 Å². The average molecular weight is 218 g/mol. The number of nitrogens with zero attached hydrogens (tertiary/aromatic N) is 1. The average Bonchev–Trinajstić information content (AvgIpc) is 2.30. The van der Waals surface area contributed by atoms with Crippen molar-refractivity contribution >= 4 is 11.6 Å². The summed E-state index contributed by atoms with van der Waals surface area (Å²) in [6.45, 7) is 1.84. The molecular formula is C13H18N2O. The van der Waals surface area contributed by atoms with E-state index in [0.29, 0.717) is 6.42 Å². The molecule has 0 radical (unpaired) electrons. The summed E-state index contributed by atoms with van der Waals surface area (Å²) in [5.74, 6) is 0.227. The SMILES string of the molecule is Nc1cccc(CC(=O)N2CCCCC2)c1. The highest BCUT2D eigenvalue weighted by molar-refractivity contribution is 5.79. The van der Waals surface area contributed by atoms with Crippen molar-refractivity contribution in [3.63, 3.8) is 0 Å². The van der Waals surface area contributed by atoms with Crippen LogP contribution in [0.5, 0.6) is 0 Å². The van der Waals surface area contributed by atoms with Crippen molar-refractivity contribution in [2.24, 2.45) is 0 Å². The van der Waals surface area contributed by atoms with Gasteiger partial charge >= 0.3 is 0 Å². The molecule has 1 amide bonds. The number of likely N-dealkylation sites (tertiary alicyclic amines) is 1. The number of nitrogen functional groups attached to an aromatic ring is 1. The number of benzene rings is 1. The summed E-state index contributed by atoms with van der Waals surface area (Å²) in [6, 6.07) is 7.57. The Bertz CT molecular complexity index is 370. The van der Waals surface area contributed by atoms with Crippen LogP contribution >= 0.6 is 0 Å². The Morgan fingerprint density at radius 3 is 2.69 bits per heavy atom. The quantitative estimate of drug-likeness (QED) is 0.770. The van der Waals surface area contributed by atoms with Crippen LogP contribution in [0.15, 0.2) is 24.3 Å². The normalized spacial score (nSPS) is 16.1. The second kappa shape index (κ2) is 5.01. The van der Waals surface area contributed by atoms with Crippen molar-refractivity contribution in [2.75, 3.05) is 18.8 Å². The van der Waals surface area contributed by atoms with E-state index in [-0.39, 0.29) is 5.91 Å². The smallest absolute Gasteiger partial charge is 0.226 e. The van der Waals surface area contributed by atoms with Crippen LogP contribution < -0.4 is 5.73 Å². The second-order valence-corrected chi connectivity index (χ2v) is 4.36. The van der Waals surface area contributed by atoms with Gasteiger partial charge in [0.25, 0.3) is 0 Å². The van der Waals surface area contributed by atoms with E-state index in [1.54, 1.807) is 0 Å². The number of amides is 1. The van der Waals surface area contributed by atoms with Crippen LogP contribution in [-0.4, -0.2) is 23.9 Å². The molecular weight excluding hydrogens is 200 g/mol. The van der Waals surface area contributed by atoms with E-state index in [1.165, 1.54) is 6.42 Å². The lowest BCUT2D eigenvalue weighted by Crippen LogP contribution is -2.36. The van der Waals surface area contributed by atoms with Gasteiger partial charge in [0.2, 0.25) is 5.91 Å². The highest BCUT2D eigenvalue weighted by Gasteiger charge is 2.16. The van der Waals surface area contributed by atoms with Crippen LogP contribution in [0.1, 0.15) is 24.8 Å². The van der Waals surface area contributed by atoms with Gasteiger partial charge in [-0.15, -0.1) is 0 Å². The molecule has 0 aliphatic carbocycles. The van der Waals surface area contributed by atoms with Gasteiger partial charge in [-0.05, 0) is 37.0 Å². The second-order valence-electron chi connectivity index (χ2n) is 4.36. The maximum atomic E-state index is 12.0. The Balaban J connectivity index is 1.96. The first-order valence-corrected chi connectivity index (χ1v) is 5.88. The summed E-state index contributed by atoms with van der Waals surface area (Å²) in [4.78, 5) is 13.9. The molecule has 86 valence electrons. The van der Waals surface area contributed by atoms with Crippen molar-refractivity contribution in [3.05, 3.63) is 29.8 Å². The highest BCUT2D eigenvalue weighted by atomic mass is 16.2. The molecule has 1 fully saturated rings. The fraction of sp³-hybridized carbons (Fsp3) is 0.462. The highest BCUT2D eigenvalue weighted by Crippen LogP contribution is 2.12. The zero-order chi connectivity index (χ0) is 11.4. The fourth-order valence-electron chi connectivity index (χ4n) is 2.13. The van der Waals surface area contributed by atoms with Gasteiger partial charge in [-0.1, -0.05) is 12.1 Å². The maximum absolute atomic E-state index is 12.0. The topological polar surface area (TPSA) is 46.3 Å². The first-order valence-electron chi connectivity index (χ1n) is 5.88. The molecule has 16 heavy (non-hydrogen) atoms. The molecule has 0 saturated carbocycles. The summed E-state index contributed by atoms with van der Waals surface area (Å²) >= 11 is 0. The maximum Gasteiger partial charge on any atom is 0.226 e. The number of nitrogens with two attached hydrogens (primary N) is 1. The standard InChI is InChI=1S/C13H18N2O/c14-12-6-4-5-11(9-12)10-13(16)15-7-2-1-3-8-15/h4-6,9H,1-3,7-8,10,14H2. The summed E-state index contributed by atoms with van der Waals surface area (Å²) in [5, 5.41) is 0. The van der Waals surface area contributed by atoms with Gasteiger partial charge in [-0.25, -0.2) is 0 Å². The van der Waals surface area contributed by atoms with Crippen LogP contribution in [0.2, 0.25) is 0 Å². The number of hydrogen-bond acceptors (Lipinski definition) is 2. The van der Waals surface area contributed by atoms with Crippen molar-refractivity contribution < 1.29 is 4.79 Å². The van der Waals surface area contributed by atoms with Gasteiger partial charge in [-0.3, -0.25) is 4.79 Å². The molecule has 0 aromatic heterocycles. The minimum atomic E-state index is 0.227. The van der Waals surface area contributed by atoms with Gasteiger partial charge < -0.3 is 10.6 Å². The number of carbonyl (C=O) groups is 1. The molecule has 2 rings (SSSR count). The van der Waals surface area contributed by atoms with Crippen LogP contribution in [0, 0.1) is 0 Å². The number of piperidine rings is 1. The van der Waals surface area contributed by atoms with E-state index in [9.17, 15) is 4.79 Å². The first kappa shape index (κ1) is 11.0. The van der Waals surface area contributed by atoms with E-state index in [0.717, 1.165) is 37.2 Å². The number of hydrogen-bond donors (Lipinski definition) is 1. The molecule has 0 atom stereocenters. The molecule has 1 heterocycles. The Kier molecular flexibility index (Phi) is 3.44. The minimum absolute atomic E-state index is 0.227. The third-order valence-electron chi connectivity index (χ3n) is 3.02. The fourth-order valence-corrected chi connectivity index (χ4v) is 2.13. The predicted molar refractivity (Wildman–Crippen MR) is 65.0 cm³/mol. The summed E-state index contributed by atoms with van der Waals surface area (Å²) in [5.41, 5.74) is 7.42. The number of anilines is 1. The Morgan fingerprint density at radius 2 is 2.00 bits per heavy atom. The van der Waals surface area contributed by atoms with Crippen molar-refractivity contribution in [1.29, 1.82) is 0 Å². The van der Waals surface area contributed by atoms with Gasteiger partial charge in [-0.2, -0.15) is 0 Å².